The van der Waals surface area contributed by atoms with Crippen LogP contribution >= 0.6 is 0 Å². The molecule has 16 heavy (non-hydrogen) atoms. The zero-order valence-corrected chi connectivity index (χ0v) is 10.6. The summed E-state index contributed by atoms with van der Waals surface area (Å²) >= 11 is 0. The molecule has 0 saturated heterocycles. The summed E-state index contributed by atoms with van der Waals surface area (Å²) in [6.45, 7) is 7.30. The molecule has 94 valence electrons. The molecule has 1 aliphatic rings. The van der Waals surface area contributed by atoms with E-state index in [4.69, 9.17) is 10.5 Å². The lowest BCUT2D eigenvalue weighted by Crippen LogP contribution is -2.40. The number of hydrogen-bond donors (Lipinski definition) is 1. The molecule has 1 aliphatic carbocycles. The summed E-state index contributed by atoms with van der Waals surface area (Å²) in [5, 5.41) is 0. The quantitative estimate of drug-likeness (QED) is 0.767. The van der Waals surface area contributed by atoms with Crippen LogP contribution in [-0.2, 0) is 9.53 Å². The predicted molar refractivity (Wildman–Crippen MR) is 64.1 cm³/mol. The average molecular weight is 228 g/mol. The molecule has 0 spiro atoms. The zero-order valence-electron chi connectivity index (χ0n) is 10.6. The van der Waals surface area contributed by atoms with Gasteiger partial charge in [-0.25, -0.2) is 0 Å². The van der Waals surface area contributed by atoms with E-state index in [9.17, 15) is 4.79 Å². The summed E-state index contributed by atoms with van der Waals surface area (Å²) in [5.74, 6) is 0.0884. The molecule has 1 fully saturated rings. The Balaban J connectivity index is 2.39. The van der Waals surface area contributed by atoms with Gasteiger partial charge in [-0.3, -0.25) is 4.79 Å². The van der Waals surface area contributed by atoms with Gasteiger partial charge in [-0.1, -0.05) is 0 Å². The van der Waals surface area contributed by atoms with E-state index in [1.807, 2.05) is 20.8 Å². The lowest BCUT2D eigenvalue weighted by Gasteiger charge is -2.25. The molecule has 0 aromatic carbocycles. The van der Waals surface area contributed by atoms with Crippen molar-refractivity contribution in [1.82, 2.24) is 4.90 Å². The Hall–Kier alpha value is -0.610. The highest BCUT2D eigenvalue weighted by atomic mass is 16.5. The van der Waals surface area contributed by atoms with Gasteiger partial charge >= 0.3 is 0 Å². The predicted octanol–water partition coefficient (Wildman–Crippen LogP) is 1.14. The summed E-state index contributed by atoms with van der Waals surface area (Å²) < 4.78 is 5.76. The summed E-state index contributed by atoms with van der Waals surface area (Å²) in [7, 11) is 0. The molecule has 1 saturated carbocycles. The lowest BCUT2D eigenvalue weighted by atomic mass is 10.2. The van der Waals surface area contributed by atoms with Crippen molar-refractivity contribution < 1.29 is 9.53 Å². The number of carbonyl (C=O) groups is 1. The third-order valence-corrected chi connectivity index (χ3v) is 3.24. The van der Waals surface area contributed by atoms with E-state index in [-0.39, 0.29) is 24.2 Å². The van der Waals surface area contributed by atoms with Crippen molar-refractivity contribution in [1.29, 1.82) is 0 Å². The van der Waals surface area contributed by atoms with Crippen molar-refractivity contribution >= 4 is 5.91 Å². The van der Waals surface area contributed by atoms with Crippen molar-refractivity contribution in [2.45, 2.75) is 58.3 Å². The number of rotatable bonds is 5. The molecule has 4 nitrogen and oxygen atoms in total. The molecule has 1 amide bonds. The van der Waals surface area contributed by atoms with Crippen LogP contribution in [0.3, 0.4) is 0 Å². The van der Waals surface area contributed by atoms with Gasteiger partial charge in [0.05, 0.1) is 6.10 Å². The summed E-state index contributed by atoms with van der Waals surface area (Å²) in [6, 6.07) is 0.251. The van der Waals surface area contributed by atoms with Crippen LogP contribution in [0.1, 0.15) is 40.0 Å². The van der Waals surface area contributed by atoms with Crippen molar-refractivity contribution in [3.8, 4) is 0 Å². The summed E-state index contributed by atoms with van der Waals surface area (Å²) in [6.07, 6.45) is 2.71. The third kappa shape index (κ3) is 3.46. The highest BCUT2D eigenvalue weighted by molar-refractivity contribution is 5.80. The van der Waals surface area contributed by atoms with E-state index in [1.165, 1.54) is 0 Å². The average Bonchev–Trinajstić information content (AvgIpc) is 2.65. The molecule has 3 unspecified atom stereocenters. The third-order valence-electron chi connectivity index (χ3n) is 3.24. The number of amides is 1. The van der Waals surface area contributed by atoms with Gasteiger partial charge in [0.2, 0.25) is 0 Å². The van der Waals surface area contributed by atoms with E-state index < -0.39 is 0 Å². The summed E-state index contributed by atoms with van der Waals surface area (Å²) in [4.78, 5) is 13.7. The van der Waals surface area contributed by atoms with Crippen LogP contribution in [0.2, 0.25) is 0 Å². The van der Waals surface area contributed by atoms with E-state index in [2.05, 4.69) is 0 Å². The molecule has 0 aliphatic heterocycles. The number of hydrogen-bond acceptors (Lipinski definition) is 3. The number of nitrogens with two attached hydrogens (primary N) is 1. The van der Waals surface area contributed by atoms with Crippen molar-refractivity contribution in [3.05, 3.63) is 0 Å². The minimum Gasteiger partial charge on any atom is -0.365 e. The molecule has 1 rings (SSSR count). The van der Waals surface area contributed by atoms with Gasteiger partial charge in [-0.05, 0) is 40.0 Å². The van der Waals surface area contributed by atoms with Crippen LogP contribution in [0, 0.1) is 0 Å². The van der Waals surface area contributed by atoms with Gasteiger partial charge < -0.3 is 15.4 Å². The number of carbonyl (C=O) groups excluding carboxylic acids is 1. The van der Waals surface area contributed by atoms with E-state index in [0.29, 0.717) is 0 Å². The van der Waals surface area contributed by atoms with Crippen molar-refractivity contribution in [2.75, 3.05) is 13.1 Å². The number of nitrogens with zero attached hydrogens (tertiary/aromatic N) is 1. The van der Waals surface area contributed by atoms with Gasteiger partial charge in [0.15, 0.2) is 0 Å². The Morgan fingerprint density at radius 3 is 2.50 bits per heavy atom. The minimum atomic E-state index is -0.338. The largest absolute Gasteiger partial charge is 0.365 e. The highest BCUT2D eigenvalue weighted by Crippen LogP contribution is 2.22. The smallest absolute Gasteiger partial charge is 0.251 e. The fourth-order valence-electron chi connectivity index (χ4n) is 2.24. The Labute approximate surface area is 98.1 Å². The van der Waals surface area contributed by atoms with Crippen LogP contribution in [0.5, 0.6) is 0 Å². The Bertz CT molecular complexity index is 229. The van der Waals surface area contributed by atoms with Gasteiger partial charge in [-0.15, -0.1) is 0 Å². The molecule has 2 N–H and O–H groups in total. The van der Waals surface area contributed by atoms with E-state index >= 15 is 0 Å². The second kappa shape index (κ2) is 6.21. The molecule has 0 bridgehead atoms. The second-order valence-electron chi connectivity index (χ2n) is 4.48. The molecule has 3 atom stereocenters. The molecule has 4 heteroatoms. The second-order valence-corrected chi connectivity index (χ2v) is 4.48. The van der Waals surface area contributed by atoms with Gasteiger partial charge in [0, 0.05) is 19.1 Å². The molecular formula is C12H24N2O2. The lowest BCUT2D eigenvalue weighted by molar-refractivity contribution is -0.145. The summed E-state index contributed by atoms with van der Waals surface area (Å²) in [5.41, 5.74) is 5.81. The first-order chi connectivity index (χ1) is 7.58. The molecule has 0 radical (unpaired) electrons. The number of ether oxygens (including phenoxy) is 1. The Morgan fingerprint density at radius 2 is 2.06 bits per heavy atom. The fourth-order valence-corrected chi connectivity index (χ4v) is 2.24. The molecule has 0 aromatic rings. The van der Waals surface area contributed by atoms with Crippen LogP contribution in [0.15, 0.2) is 0 Å². The Kier molecular flexibility index (Phi) is 5.22. The highest BCUT2D eigenvalue weighted by Gasteiger charge is 2.27. The fraction of sp³-hybridized carbons (Fsp3) is 0.917. The van der Waals surface area contributed by atoms with Crippen LogP contribution in [0.25, 0.3) is 0 Å². The first kappa shape index (κ1) is 13.5. The van der Waals surface area contributed by atoms with Gasteiger partial charge in [-0.2, -0.15) is 0 Å². The molecule has 0 aromatic heterocycles. The van der Waals surface area contributed by atoms with Crippen molar-refractivity contribution in [3.63, 3.8) is 0 Å². The van der Waals surface area contributed by atoms with Gasteiger partial charge in [0.1, 0.15) is 6.10 Å². The van der Waals surface area contributed by atoms with E-state index in [0.717, 1.165) is 32.4 Å². The standard InChI is InChI=1S/C12H24N2O2/c1-4-14(5-2)12(15)9(3)16-11-7-6-10(13)8-11/h9-11H,4-8,13H2,1-3H3. The van der Waals surface area contributed by atoms with E-state index in [1.54, 1.807) is 4.90 Å². The molecule has 0 heterocycles. The van der Waals surface area contributed by atoms with Crippen molar-refractivity contribution in [2.24, 2.45) is 5.73 Å². The zero-order chi connectivity index (χ0) is 12.1. The maximum Gasteiger partial charge on any atom is 0.251 e. The minimum absolute atomic E-state index is 0.0884. The normalized spacial score (nSPS) is 26.8. The maximum atomic E-state index is 11.9. The van der Waals surface area contributed by atoms with Crippen LogP contribution < -0.4 is 5.73 Å². The molecular weight excluding hydrogens is 204 g/mol. The van der Waals surface area contributed by atoms with Crippen LogP contribution in [-0.4, -0.2) is 42.1 Å². The van der Waals surface area contributed by atoms with Crippen LogP contribution in [0.4, 0.5) is 0 Å². The maximum absolute atomic E-state index is 11.9. The SMILES string of the molecule is CCN(CC)C(=O)C(C)OC1CCC(N)C1. The topological polar surface area (TPSA) is 55.6 Å². The first-order valence-electron chi connectivity index (χ1n) is 6.28. The van der Waals surface area contributed by atoms with Gasteiger partial charge in [0.25, 0.3) is 5.91 Å². The first-order valence-corrected chi connectivity index (χ1v) is 6.28. The monoisotopic (exact) mass is 228 g/mol. The number of likely N-dealkylation sites (N-methyl/N-ethyl adjacent to an activating group) is 1. The Morgan fingerprint density at radius 1 is 1.44 bits per heavy atom.